The van der Waals surface area contributed by atoms with Crippen LogP contribution in [0.5, 0.6) is 0 Å². The van der Waals surface area contributed by atoms with Gasteiger partial charge in [-0.1, -0.05) is 0 Å². The zero-order chi connectivity index (χ0) is 17.4. The van der Waals surface area contributed by atoms with E-state index in [-0.39, 0.29) is 0 Å². The van der Waals surface area contributed by atoms with Crippen molar-refractivity contribution in [2.45, 2.75) is 26.2 Å². The van der Waals surface area contributed by atoms with Crippen molar-refractivity contribution in [3.63, 3.8) is 0 Å². The first-order chi connectivity index (χ1) is 12.1. The molecule has 0 amide bonds. The number of hydrogen-bond acceptors (Lipinski definition) is 7. The van der Waals surface area contributed by atoms with Crippen LogP contribution in [0.3, 0.4) is 0 Å². The zero-order valence-corrected chi connectivity index (χ0v) is 15.1. The lowest BCUT2D eigenvalue weighted by molar-refractivity contribution is 0.779. The Kier molecular flexibility index (Phi) is 4.19. The summed E-state index contributed by atoms with van der Waals surface area (Å²) in [6.45, 7) is 5.96. The molecule has 1 aliphatic rings. The maximum absolute atomic E-state index is 6.24. The van der Waals surface area contributed by atoms with E-state index >= 15 is 0 Å². The van der Waals surface area contributed by atoms with Gasteiger partial charge in [0.2, 0.25) is 0 Å². The third kappa shape index (κ3) is 3.25. The van der Waals surface area contributed by atoms with Gasteiger partial charge in [-0.25, -0.2) is 4.98 Å². The van der Waals surface area contributed by atoms with E-state index in [2.05, 4.69) is 26.3 Å². The van der Waals surface area contributed by atoms with Gasteiger partial charge in [-0.2, -0.15) is 0 Å². The lowest BCUT2D eigenvalue weighted by Gasteiger charge is -2.03. The summed E-state index contributed by atoms with van der Waals surface area (Å²) in [6, 6.07) is 2.16. The SMILES string of the molecule is Cc1cnc(/C=C(\N)c2cnc3cc(C4CCNC4)sc3n2)c(C)n1. The number of thiophene rings is 1. The highest BCUT2D eigenvalue weighted by Gasteiger charge is 2.19. The lowest BCUT2D eigenvalue weighted by atomic mass is 10.1. The van der Waals surface area contributed by atoms with Crippen molar-refractivity contribution in [3.05, 3.63) is 46.1 Å². The van der Waals surface area contributed by atoms with Crippen LogP contribution in [0.1, 0.15) is 40.0 Å². The Balaban J connectivity index is 1.67. The van der Waals surface area contributed by atoms with Crippen molar-refractivity contribution in [2.24, 2.45) is 5.73 Å². The molecule has 0 radical (unpaired) electrons. The fourth-order valence-corrected chi connectivity index (χ4v) is 4.16. The topological polar surface area (TPSA) is 89.6 Å². The summed E-state index contributed by atoms with van der Waals surface area (Å²) in [5, 5.41) is 3.41. The molecule has 1 fully saturated rings. The second-order valence-electron chi connectivity index (χ2n) is 6.37. The van der Waals surface area contributed by atoms with Gasteiger partial charge in [0.1, 0.15) is 16.0 Å². The van der Waals surface area contributed by atoms with E-state index in [9.17, 15) is 0 Å². The molecule has 1 atom stereocenters. The Morgan fingerprint density at radius 3 is 2.92 bits per heavy atom. The quantitative estimate of drug-likeness (QED) is 0.753. The highest BCUT2D eigenvalue weighted by atomic mass is 32.1. The minimum absolute atomic E-state index is 0.549. The molecular weight excluding hydrogens is 332 g/mol. The predicted molar refractivity (Wildman–Crippen MR) is 101 cm³/mol. The Morgan fingerprint density at radius 2 is 2.16 bits per heavy atom. The Morgan fingerprint density at radius 1 is 1.28 bits per heavy atom. The summed E-state index contributed by atoms with van der Waals surface area (Å²) in [4.78, 5) is 20.3. The molecule has 0 spiro atoms. The first-order valence-electron chi connectivity index (χ1n) is 8.35. The largest absolute Gasteiger partial charge is 0.397 e. The molecule has 3 N–H and O–H groups in total. The van der Waals surface area contributed by atoms with Crippen LogP contribution in [0.15, 0.2) is 18.5 Å². The third-order valence-electron chi connectivity index (χ3n) is 4.42. The van der Waals surface area contributed by atoms with Crippen molar-refractivity contribution in [3.8, 4) is 0 Å². The van der Waals surface area contributed by atoms with E-state index in [1.807, 2.05) is 19.9 Å². The van der Waals surface area contributed by atoms with Crippen molar-refractivity contribution in [1.29, 1.82) is 0 Å². The number of aromatic nitrogens is 4. The number of nitrogens with zero attached hydrogens (tertiary/aromatic N) is 4. The molecule has 1 saturated heterocycles. The summed E-state index contributed by atoms with van der Waals surface area (Å²) >= 11 is 1.71. The normalized spacial score (nSPS) is 18.2. The molecule has 128 valence electrons. The summed E-state index contributed by atoms with van der Waals surface area (Å²) < 4.78 is 0. The lowest BCUT2D eigenvalue weighted by Crippen LogP contribution is -2.07. The minimum Gasteiger partial charge on any atom is -0.397 e. The van der Waals surface area contributed by atoms with Gasteiger partial charge in [0.25, 0.3) is 0 Å². The smallest absolute Gasteiger partial charge is 0.142 e. The van der Waals surface area contributed by atoms with Gasteiger partial charge < -0.3 is 11.1 Å². The first-order valence-corrected chi connectivity index (χ1v) is 9.17. The Labute approximate surface area is 150 Å². The molecule has 1 unspecified atom stereocenters. The maximum Gasteiger partial charge on any atom is 0.142 e. The van der Waals surface area contributed by atoms with Gasteiger partial charge in [0.15, 0.2) is 0 Å². The fraction of sp³-hybridized carbons (Fsp3) is 0.333. The number of nitrogens with one attached hydrogen (secondary N) is 1. The van der Waals surface area contributed by atoms with Gasteiger partial charge in [-0.15, -0.1) is 11.3 Å². The van der Waals surface area contributed by atoms with Gasteiger partial charge in [0, 0.05) is 23.5 Å². The van der Waals surface area contributed by atoms with Crippen LogP contribution >= 0.6 is 11.3 Å². The number of rotatable bonds is 3. The second-order valence-corrected chi connectivity index (χ2v) is 7.43. The van der Waals surface area contributed by atoms with Crippen LogP contribution in [-0.4, -0.2) is 33.0 Å². The number of hydrogen-bond donors (Lipinski definition) is 2. The van der Waals surface area contributed by atoms with Crippen LogP contribution in [0, 0.1) is 13.8 Å². The van der Waals surface area contributed by atoms with Crippen molar-refractivity contribution in [1.82, 2.24) is 25.3 Å². The standard InChI is InChI=1S/C18H20N6S/c1-10-7-21-14(11(2)23-10)5-13(19)16-9-22-15-6-17(25-18(15)24-16)12-3-4-20-8-12/h5-7,9,12,20H,3-4,8,19H2,1-2H3/b13-5-. The van der Waals surface area contributed by atoms with E-state index < -0.39 is 0 Å². The van der Waals surface area contributed by atoms with Crippen molar-refractivity contribution >= 4 is 33.5 Å². The molecular formula is C18H20N6S. The first kappa shape index (κ1) is 16.1. The number of aryl methyl sites for hydroxylation is 2. The highest BCUT2D eigenvalue weighted by molar-refractivity contribution is 7.18. The van der Waals surface area contributed by atoms with Crippen LogP contribution in [0.25, 0.3) is 22.1 Å². The number of nitrogens with two attached hydrogens (primary N) is 1. The average molecular weight is 352 g/mol. The molecule has 3 aromatic rings. The van der Waals surface area contributed by atoms with Crippen LogP contribution < -0.4 is 11.1 Å². The monoisotopic (exact) mass is 352 g/mol. The van der Waals surface area contributed by atoms with Gasteiger partial charge >= 0.3 is 0 Å². The molecule has 0 bridgehead atoms. The van der Waals surface area contributed by atoms with Crippen LogP contribution in [-0.2, 0) is 0 Å². The molecule has 3 aromatic heterocycles. The molecule has 4 rings (SSSR count). The molecule has 1 aliphatic heterocycles. The van der Waals surface area contributed by atoms with E-state index in [4.69, 9.17) is 10.7 Å². The molecule has 25 heavy (non-hydrogen) atoms. The summed E-state index contributed by atoms with van der Waals surface area (Å²) in [5.74, 6) is 0.572. The molecule has 0 saturated carbocycles. The number of fused-ring (bicyclic) bond motifs is 1. The fourth-order valence-electron chi connectivity index (χ4n) is 3.04. The molecule has 4 heterocycles. The Hall–Kier alpha value is -2.38. The predicted octanol–water partition coefficient (Wildman–Crippen LogP) is 2.63. The average Bonchev–Trinajstić information content (AvgIpc) is 3.25. The van der Waals surface area contributed by atoms with Crippen molar-refractivity contribution in [2.75, 3.05) is 13.1 Å². The highest BCUT2D eigenvalue weighted by Crippen LogP contribution is 2.32. The molecule has 0 aromatic carbocycles. The summed E-state index contributed by atoms with van der Waals surface area (Å²) in [5.41, 5.74) is 10.9. The third-order valence-corrected chi connectivity index (χ3v) is 5.60. The van der Waals surface area contributed by atoms with E-state index in [0.29, 0.717) is 17.3 Å². The van der Waals surface area contributed by atoms with Crippen molar-refractivity contribution < 1.29 is 0 Å². The van der Waals surface area contributed by atoms with Crippen LogP contribution in [0.4, 0.5) is 0 Å². The van der Waals surface area contributed by atoms with E-state index in [1.165, 1.54) is 11.3 Å². The van der Waals surface area contributed by atoms with Gasteiger partial charge in [-0.05, 0) is 39.0 Å². The summed E-state index contributed by atoms with van der Waals surface area (Å²) in [7, 11) is 0. The second kappa shape index (κ2) is 6.50. The van der Waals surface area contributed by atoms with E-state index in [0.717, 1.165) is 40.5 Å². The minimum atomic E-state index is 0.549. The maximum atomic E-state index is 6.24. The summed E-state index contributed by atoms with van der Waals surface area (Å²) in [6.07, 6.45) is 6.46. The molecule has 7 heteroatoms. The molecule has 6 nitrogen and oxygen atoms in total. The molecule has 0 aliphatic carbocycles. The van der Waals surface area contributed by atoms with E-state index in [1.54, 1.807) is 23.7 Å². The zero-order valence-electron chi connectivity index (χ0n) is 14.3. The Bertz CT molecular complexity index is 955. The van der Waals surface area contributed by atoms with Gasteiger partial charge in [-0.3, -0.25) is 15.0 Å². The van der Waals surface area contributed by atoms with Gasteiger partial charge in [0.05, 0.1) is 29.0 Å². The van der Waals surface area contributed by atoms with Crippen LogP contribution in [0.2, 0.25) is 0 Å².